The number of aromatic nitrogens is 1. The lowest BCUT2D eigenvalue weighted by atomic mass is 10.2. The van der Waals surface area contributed by atoms with Gasteiger partial charge in [0, 0.05) is 11.6 Å². The van der Waals surface area contributed by atoms with E-state index < -0.39 is 0 Å². The fourth-order valence-corrected chi connectivity index (χ4v) is 2.09. The Bertz CT molecular complexity index is 793. The van der Waals surface area contributed by atoms with Gasteiger partial charge in [0.05, 0.1) is 18.2 Å². The Hall–Kier alpha value is -2.88. The van der Waals surface area contributed by atoms with Crippen molar-refractivity contribution in [2.24, 2.45) is 0 Å². The van der Waals surface area contributed by atoms with Crippen LogP contribution in [0.2, 0.25) is 0 Å². The molecule has 0 spiro atoms. The van der Waals surface area contributed by atoms with Crippen molar-refractivity contribution in [3.05, 3.63) is 66.4 Å². The third kappa shape index (κ3) is 2.69. The molecular weight excluding hydrogens is 266 g/mol. The number of carbonyl (C=O) groups excluding carboxylic acids is 1. The first-order valence-electron chi connectivity index (χ1n) is 6.48. The first kappa shape index (κ1) is 13.1. The Kier molecular flexibility index (Phi) is 3.51. The quantitative estimate of drug-likeness (QED) is 0.684. The molecule has 0 radical (unpaired) electrons. The number of rotatable bonds is 3. The Morgan fingerprint density at radius 2 is 1.90 bits per heavy atom. The van der Waals surface area contributed by atoms with Crippen molar-refractivity contribution in [2.75, 3.05) is 7.11 Å². The third-order valence-electron chi connectivity index (χ3n) is 3.09. The summed E-state index contributed by atoms with van der Waals surface area (Å²) in [5.74, 6) is 0.886. The first-order chi connectivity index (χ1) is 10.3. The highest BCUT2D eigenvalue weighted by Gasteiger charge is 2.08. The fourth-order valence-electron chi connectivity index (χ4n) is 2.09. The fraction of sp³-hybridized carbons (Fsp3) is 0.0588. The van der Waals surface area contributed by atoms with E-state index in [1.165, 1.54) is 7.11 Å². The van der Waals surface area contributed by atoms with Crippen molar-refractivity contribution < 1.29 is 14.3 Å². The molecule has 0 fully saturated rings. The number of benzene rings is 2. The number of methoxy groups -OCH3 is 1. The highest BCUT2D eigenvalue weighted by atomic mass is 16.5. The minimum Gasteiger partial charge on any atom is -0.465 e. The van der Waals surface area contributed by atoms with Gasteiger partial charge in [0.2, 0.25) is 0 Å². The molecule has 0 saturated heterocycles. The second kappa shape index (κ2) is 5.63. The average Bonchev–Trinajstić information content (AvgIpc) is 2.55. The molecule has 1 heterocycles. The first-order valence-corrected chi connectivity index (χ1v) is 6.48. The third-order valence-corrected chi connectivity index (χ3v) is 3.09. The monoisotopic (exact) mass is 279 g/mol. The maximum Gasteiger partial charge on any atom is 0.337 e. The molecule has 0 aliphatic rings. The van der Waals surface area contributed by atoms with Crippen LogP contribution in [-0.2, 0) is 4.74 Å². The number of nitrogens with zero attached hydrogens (tertiary/aromatic N) is 1. The summed E-state index contributed by atoms with van der Waals surface area (Å²) in [6.45, 7) is 0. The molecule has 0 aliphatic heterocycles. The van der Waals surface area contributed by atoms with Gasteiger partial charge < -0.3 is 9.47 Å². The summed E-state index contributed by atoms with van der Waals surface area (Å²) < 4.78 is 10.6. The molecule has 0 unspecified atom stereocenters. The topological polar surface area (TPSA) is 48.4 Å². The molecule has 104 valence electrons. The SMILES string of the molecule is COC(=O)c1cccc(Oc2ccnc3ccccc23)c1. The molecule has 4 heteroatoms. The minimum atomic E-state index is -0.389. The molecule has 0 bridgehead atoms. The average molecular weight is 279 g/mol. The van der Waals surface area contributed by atoms with Gasteiger partial charge in [-0.05, 0) is 36.4 Å². The van der Waals surface area contributed by atoms with Gasteiger partial charge in [0.25, 0.3) is 0 Å². The van der Waals surface area contributed by atoms with Gasteiger partial charge in [-0.25, -0.2) is 4.79 Å². The van der Waals surface area contributed by atoms with Gasteiger partial charge >= 0.3 is 5.97 Å². The molecule has 3 rings (SSSR count). The normalized spacial score (nSPS) is 10.3. The Balaban J connectivity index is 1.97. The van der Waals surface area contributed by atoms with Gasteiger partial charge in [-0.2, -0.15) is 0 Å². The molecule has 0 atom stereocenters. The molecule has 21 heavy (non-hydrogen) atoms. The van der Waals surface area contributed by atoms with Crippen LogP contribution in [-0.4, -0.2) is 18.1 Å². The van der Waals surface area contributed by atoms with Crippen molar-refractivity contribution in [3.8, 4) is 11.5 Å². The van der Waals surface area contributed by atoms with Gasteiger partial charge in [-0.1, -0.05) is 18.2 Å². The van der Waals surface area contributed by atoms with Crippen molar-refractivity contribution in [1.29, 1.82) is 0 Å². The second-order valence-corrected chi connectivity index (χ2v) is 4.45. The van der Waals surface area contributed by atoms with Crippen LogP contribution in [0.3, 0.4) is 0 Å². The van der Waals surface area contributed by atoms with E-state index in [9.17, 15) is 4.79 Å². The van der Waals surface area contributed by atoms with Gasteiger partial charge in [0.15, 0.2) is 0 Å². The van der Waals surface area contributed by atoms with E-state index >= 15 is 0 Å². The summed E-state index contributed by atoms with van der Waals surface area (Å²) in [4.78, 5) is 15.8. The number of hydrogen-bond donors (Lipinski definition) is 0. The van der Waals surface area contributed by atoms with Crippen LogP contribution in [0.25, 0.3) is 10.9 Å². The van der Waals surface area contributed by atoms with E-state index in [0.717, 1.165) is 10.9 Å². The Morgan fingerprint density at radius 3 is 2.76 bits per heavy atom. The van der Waals surface area contributed by atoms with Gasteiger partial charge in [-0.15, -0.1) is 0 Å². The molecule has 0 aliphatic carbocycles. The lowest BCUT2D eigenvalue weighted by Gasteiger charge is -2.09. The molecule has 3 aromatic rings. The zero-order valence-corrected chi connectivity index (χ0v) is 11.4. The van der Waals surface area contributed by atoms with Gasteiger partial charge in [0.1, 0.15) is 11.5 Å². The summed E-state index contributed by atoms with van der Waals surface area (Å²) in [7, 11) is 1.35. The van der Waals surface area contributed by atoms with Crippen LogP contribution in [0.15, 0.2) is 60.8 Å². The number of hydrogen-bond acceptors (Lipinski definition) is 4. The molecule has 0 N–H and O–H groups in total. The van der Waals surface area contributed by atoms with E-state index in [4.69, 9.17) is 9.47 Å². The number of fused-ring (bicyclic) bond motifs is 1. The molecule has 2 aromatic carbocycles. The summed E-state index contributed by atoms with van der Waals surface area (Å²) in [6, 6.07) is 16.4. The standard InChI is InChI=1S/C17H13NO3/c1-20-17(19)12-5-4-6-13(11-12)21-16-9-10-18-15-8-3-2-7-14(15)16/h2-11H,1H3. The highest BCUT2D eigenvalue weighted by Crippen LogP contribution is 2.28. The predicted molar refractivity (Wildman–Crippen MR) is 79.6 cm³/mol. The molecule has 0 saturated carbocycles. The van der Waals surface area contributed by atoms with E-state index in [1.54, 1.807) is 36.5 Å². The van der Waals surface area contributed by atoms with Crippen LogP contribution in [0.4, 0.5) is 0 Å². The zero-order chi connectivity index (χ0) is 14.7. The summed E-state index contributed by atoms with van der Waals surface area (Å²) in [5.41, 5.74) is 1.31. The van der Waals surface area contributed by atoms with Crippen molar-refractivity contribution >= 4 is 16.9 Å². The van der Waals surface area contributed by atoms with E-state index in [0.29, 0.717) is 17.1 Å². The number of pyridine rings is 1. The second-order valence-electron chi connectivity index (χ2n) is 4.45. The maximum absolute atomic E-state index is 11.5. The van der Waals surface area contributed by atoms with Crippen LogP contribution in [0.1, 0.15) is 10.4 Å². The summed E-state index contributed by atoms with van der Waals surface area (Å²) in [6.07, 6.45) is 1.70. The van der Waals surface area contributed by atoms with E-state index in [2.05, 4.69) is 4.98 Å². The maximum atomic E-state index is 11.5. The van der Waals surface area contributed by atoms with Crippen LogP contribution in [0.5, 0.6) is 11.5 Å². The smallest absolute Gasteiger partial charge is 0.337 e. The lowest BCUT2D eigenvalue weighted by Crippen LogP contribution is -2.00. The van der Waals surface area contributed by atoms with Crippen molar-refractivity contribution in [1.82, 2.24) is 4.98 Å². The van der Waals surface area contributed by atoms with E-state index in [1.807, 2.05) is 24.3 Å². The van der Waals surface area contributed by atoms with Gasteiger partial charge in [-0.3, -0.25) is 4.98 Å². The Morgan fingerprint density at radius 1 is 1.05 bits per heavy atom. The summed E-state index contributed by atoms with van der Waals surface area (Å²) in [5, 5.41) is 0.920. The van der Waals surface area contributed by atoms with E-state index in [-0.39, 0.29) is 5.97 Å². The highest BCUT2D eigenvalue weighted by molar-refractivity contribution is 5.90. The van der Waals surface area contributed by atoms with Crippen LogP contribution >= 0.6 is 0 Å². The number of carbonyl (C=O) groups is 1. The molecule has 1 aromatic heterocycles. The predicted octanol–water partition coefficient (Wildman–Crippen LogP) is 3.81. The molecule has 0 amide bonds. The lowest BCUT2D eigenvalue weighted by molar-refractivity contribution is 0.0600. The largest absolute Gasteiger partial charge is 0.465 e. The minimum absolute atomic E-state index is 0.389. The summed E-state index contributed by atoms with van der Waals surface area (Å²) >= 11 is 0. The Labute approximate surface area is 122 Å². The number of esters is 1. The van der Waals surface area contributed by atoms with Crippen LogP contribution in [0, 0.1) is 0 Å². The van der Waals surface area contributed by atoms with Crippen molar-refractivity contribution in [3.63, 3.8) is 0 Å². The molecule has 4 nitrogen and oxygen atoms in total. The zero-order valence-electron chi connectivity index (χ0n) is 11.4. The van der Waals surface area contributed by atoms with Crippen LogP contribution < -0.4 is 4.74 Å². The van der Waals surface area contributed by atoms with Crippen molar-refractivity contribution in [2.45, 2.75) is 0 Å². The molecular formula is C17H13NO3. The number of ether oxygens (including phenoxy) is 2. The number of para-hydroxylation sites is 1.